The first-order valence-corrected chi connectivity index (χ1v) is 5.31. The van der Waals surface area contributed by atoms with Crippen molar-refractivity contribution in [1.82, 2.24) is 5.32 Å². The number of hydrogen-bond acceptors (Lipinski definition) is 1. The Morgan fingerprint density at radius 3 is 2.47 bits per heavy atom. The Bertz CT molecular complexity index is 462. The van der Waals surface area contributed by atoms with Crippen LogP contribution in [-0.4, -0.2) is 0 Å². The van der Waals surface area contributed by atoms with Gasteiger partial charge in [0.2, 0.25) is 0 Å². The van der Waals surface area contributed by atoms with Gasteiger partial charge in [-0.25, -0.2) is 0 Å². The highest BCUT2D eigenvalue weighted by molar-refractivity contribution is 5.40. The first kappa shape index (κ1) is 8.69. The zero-order valence-electron chi connectivity index (χ0n) is 8.48. The van der Waals surface area contributed by atoms with E-state index in [4.69, 9.17) is 0 Å². The molecule has 0 aromatic heterocycles. The van der Waals surface area contributed by atoms with Crippen molar-refractivity contribution in [1.29, 1.82) is 0 Å². The van der Waals surface area contributed by atoms with E-state index >= 15 is 0 Å². The van der Waals surface area contributed by atoms with Crippen molar-refractivity contribution in [2.24, 2.45) is 0 Å². The van der Waals surface area contributed by atoms with Crippen LogP contribution in [0.5, 0.6) is 0 Å². The molecule has 2 aromatic carbocycles. The molecule has 74 valence electrons. The van der Waals surface area contributed by atoms with Crippen LogP contribution < -0.4 is 5.32 Å². The van der Waals surface area contributed by atoms with Crippen molar-refractivity contribution in [3.05, 3.63) is 71.3 Å². The number of hydrogen-bond donors (Lipinski definition) is 1. The Labute approximate surface area is 89.8 Å². The van der Waals surface area contributed by atoms with Crippen molar-refractivity contribution < 1.29 is 0 Å². The summed E-state index contributed by atoms with van der Waals surface area (Å²) >= 11 is 0. The first-order chi connectivity index (χ1) is 7.45. The summed E-state index contributed by atoms with van der Waals surface area (Å²) in [7, 11) is 0. The second-order valence-electron chi connectivity index (χ2n) is 3.92. The van der Waals surface area contributed by atoms with Crippen molar-refractivity contribution in [3.8, 4) is 0 Å². The zero-order chi connectivity index (χ0) is 10.1. The second-order valence-corrected chi connectivity index (χ2v) is 3.92. The lowest BCUT2D eigenvalue weighted by Crippen LogP contribution is -2.12. The van der Waals surface area contributed by atoms with Gasteiger partial charge in [-0.05, 0) is 16.7 Å². The third-order valence-electron chi connectivity index (χ3n) is 3.00. The Hall–Kier alpha value is -1.60. The van der Waals surface area contributed by atoms with Crippen LogP contribution in [0.1, 0.15) is 22.7 Å². The van der Waals surface area contributed by atoms with Gasteiger partial charge in [-0.3, -0.25) is 0 Å². The van der Waals surface area contributed by atoms with E-state index in [1.54, 1.807) is 0 Å². The molecule has 1 aliphatic rings. The van der Waals surface area contributed by atoms with Gasteiger partial charge in [-0.1, -0.05) is 54.6 Å². The highest BCUT2D eigenvalue weighted by Crippen LogP contribution is 2.30. The molecule has 0 spiro atoms. The fourth-order valence-corrected chi connectivity index (χ4v) is 2.24. The Morgan fingerprint density at radius 2 is 1.60 bits per heavy atom. The molecule has 0 aliphatic carbocycles. The summed E-state index contributed by atoms with van der Waals surface area (Å²) in [6.45, 7) is 0.982. The maximum atomic E-state index is 3.54. The molecule has 1 heterocycles. The van der Waals surface area contributed by atoms with Crippen molar-refractivity contribution >= 4 is 0 Å². The minimum atomic E-state index is 0.377. The second kappa shape index (κ2) is 3.52. The monoisotopic (exact) mass is 195 g/mol. The summed E-state index contributed by atoms with van der Waals surface area (Å²) in [5, 5.41) is 3.54. The molecule has 0 saturated heterocycles. The van der Waals surface area contributed by atoms with E-state index in [2.05, 4.69) is 59.9 Å². The molecule has 1 N–H and O–H groups in total. The minimum Gasteiger partial charge on any atom is -0.302 e. The van der Waals surface area contributed by atoms with Crippen molar-refractivity contribution in [2.75, 3.05) is 0 Å². The zero-order valence-corrected chi connectivity index (χ0v) is 8.48. The number of fused-ring (bicyclic) bond motifs is 1. The van der Waals surface area contributed by atoms with Crippen LogP contribution >= 0.6 is 0 Å². The van der Waals surface area contributed by atoms with Gasteiger partial charge in [0.05, 0.1) is 6.04 Å². The highest BCUT2D eigenvalue weighted by Gasteiger charge is 2.21. The molecule has 2 aromatic rings. The molecule has 1 atom stereocenters. The summed E-state index contributed by atoms with van der Waals surface area (Å²) < 4.78 is 0. The van der Waals surface area contributed by atoms with Crippen LogP contribution in [0.3, 0.4) is 0 Å². The van der Waals surface area contributed by atoms with E-state index < -0.39 is 0 Å². The smallest absolute Gasteiger partial charge is 0.0582 e. The van der Waals surface area contributed by atoms with Crippen LogP contribution in [-0.2, 0) is 6.54 Å². The summed E-state index contributed by atoms with van der Waals surface area (Å²) in [6, 6.07) is 19.6. The van der Waals surface area contributed by atoms with Gasteiger partial charge in [-0.2, -0.15) is 0 Å². The standard InChI is InChI=1S/C14H13N/c1-2-6-11(7-3-1)14-13-9-5-4-8-12(13)10-15-14/h1-9,14-15H,10H2/t14-/m1/s1. The molecule has 0 unspecified atom stereocenters. The van der Waals surface area contributed by atoms with Gasteiger partial charge in [0.15, 0.2) is 0 Å². The molecule has 15 heavy (non-hydrogen) atoms. The highest BCUT2D eigenvalue weighted by atomic mass is 14.9. The average molecular weight is 195 g/mol. The van der Waals surface area contributed by atoms with Crippen LogP contribution in [0.25, 0.3) is 0 Å². The maximum absolute atomic E-state index is 3.54. The largest absolute Gasteiger partial charge is 0.302 e. The predicted molar refractivity (Wildman–Crippen MR) is 61.6 cm³/mol. The van der Waals surface area contributed by atoms with Gasteiger partial charge in [0.1, 0.15) is 0 Å². The molecular formula is C14H13N. The summed E-state index contributed by atoms with van der Waals surface area (Å²) in [5.41, 5.74) is 4.19. The summed E-state index contributed by atoms with van der Waals surface area (Å²) in [4.78, 5) is 0. The molecule has 0 radical (unpaired) electrons. The van der Waals surface area contributed by atoms with Gasteiger partial charge in [0.25, 0.3) is 0 Å². The molecule has 0 fully saturated rings. The average Bonchev–Trinajstić information content (AvgIpc) is 2.74. The number of benzene rings is 2. The van der Waals surface area contributed by atoms with E-state index in [0.29, 0.717) is 6.04 Å². The molecular weight excluding hydrogens is 182 g/mol. The van der Waals surface area contributed by atoms with E-state index in [9.17, 15) is 0 Å². The molecule has 0 bridgehead atoms. The first-order valence-electron chi connectivity index (χ1n) is 5.31. The van der Waals surface area contributed by atoms with Gasteiger partial charge >= 0.3 is 0 Å². The van der Waals surface area contributed by atoms with Crippen LogP contribution in [0.15, 0.2) is 54.6 Å². The van der Waals surface area contributed by atoms with Gasteiger partial charge in [0, 0.05) is 6.54 Å². The van der Waals surface area contributed by atoms with E-state index in [-0.39, 0.29) is 0 Å². The third-order valence-corrected chi connectivity index (χ3v) is 3.00. The van der Waals surface area contributed by atoms with E-state index in [1.165, 1.54) is 16.7 Å². The quantitative estimate of drug-likeness (QED) is 0.737. The van der Waals surface area contributed by atoms with Crippen LogP contribution in [0.2, 0.25) is 0 Å². The lowest BCUT2D eigenvalue weighted by atomic mass is 9.99. The topological polar surface area (TPSA) is 12.0 Å². The van der Waals surface area contributed by atoms with Gasteiger partial charge in [-0.15, -0.1) is 0 Å². The Balaban J connectivity index is 2.05. The van der Waals surface area contributed by atoms with Crippen LogP contribution in [0, 0.1) is 0 Å². The fourth-order valence-electron chi connectivity index (χ4n) is 2.24. The molecule has 1 aliphatic heterocycles. The SMILES string of the molecule is c1ccc([C@H]2NCc3ccccc32)cc1. The van der Waals surface area contributed by atoms with E-state index in [1.807, 2.05) is 0 Å². The molecule has 1 heteroatoms. The molecule has 0 saturated carbocycles. The number of nitrogens with one attached hydrogen (secondary N) is 1. The van der Waals surface area contributed by atoms with Crippen molar-refractivity contribution in [3.63, 3.8) is 0 Å². The third kappa shape index (κ3) is 1.45. The maximum Gasteiger partial charge on any atom is 0.0582 e. The fraction of sp³-hybridized carbons (Fsp3) is 0.143. The van der Waals surface area contributed by atoms with Crippen molar-refractivity contribution in [2.45, 2.75) is 12.6 Å². The van der Waals surface area contributed by atoms with Gasteiger partial charge < -0.3 is 5.32 Å². The molecule has 3 rings (SSSR count). The summed E-state index contributed by atoms with van der Waals surface area (Å²) in [5.74, 6) is 0. The minimum absolute atomic E-state index is 0.377. The lowest BCUT2D eigenvalue weighted by molar-refractivity contribution is 0.667. The Kier molecular flexibility index (Phi) is 2.04. The van der Waals surface area contributed by atoms with E-state index in [0.717, 1.165) is 6.54 Å². The Morgan fingerprint density at radius 1 is 0.867 bits per heavy atom. The van der Waals surface area contributed by atoms with Crippen LogP contribution in [0.4, 0.5) is 0 Å². The number of rotatable bonds is 1. The lowest BCUT2D eigenvalue weighted by Gasteiger charge is -2.11. The normalized spacial score (nSPS) is 18.8. The molecule has 0 amide bonds. The predicted octanol–water partition coefficient (Wildman–Crippen LogP) is 2.88. The molecule has 1 nitrogen and oxygen atoms in total. The summed E-state index contributed by atoms with van der Waals surface area (Å²) in [6.07, 6.45) is 0.